The Morgan fingerprint density at radius 2 is 1.83 bits per heavy atom. The Morgan fingerprint density at radius 3 is 2.33 bits per heavy atom. The second kappa shape index (κ2) is 3.28. The van der Waals surface area contributed by atoms with Crippen molar-refractivity contribution in [2.75, 3.05) is 0 Å². The molecule has 0 N–H and O–H groups in total. The Bertz CT molecular complexity index is 527. The molecule has 1 spiro atoms. The lowest BCUT2D eigenvalue weighted by molar-refractivity contribution is -0.137. The Labute approximate surface area is 103 Å². The van der Waals surface area contributed by atoms with E-state index in [1.807, 2.05) is 0 Å². The largest absolute Gasteiger partial charge is 0.416 e. The van der Waals surface area contributed by atoms with Crippen molar-refractivity contribution in [1.82, 2.24) is 0 Å². The molecule has 0 aromatic heterocycles. The summed E-state index contributed by atoms with van der Waals surface area (Å²) in [7, 11) is 0. The van der Waals surface area contributed by atoms with E-state index < -0.39 is 17.2 Å². The topological polar surface area (TPSA) is 23.8 Å². The first-order chi connectivity index (χ1) is 8.39. The molecule has 0 heterocycles. The Morgan fingerprint density at radius 1 is 1.17 bits per heavy atom. The monoisotopic (exact) mass is 251 g/mol. The Hall–Kier alpha value is -1.50. The van der Waals surface area contributed by atoms with E-state index in [0.717, 1.165) is 37.8 Å². The quantitative estimate of drug-likeness (QED) is 0.739. The lowest BCUT2D eigenvalue weighted by Gasteiger charge is -2.44. The van der Waals surface area contributed by atoms with Crippen molar-refractivity contribution >= 4 is 0 Å². The summed E-state index contributed by atoms with van der Waals surface area (Å²) >= 11 is 0. The first-order valence-electron chi connectivity index (χ1n) is 5.98. The van der Waals surface area contributed by atoms with Gasteiger partial charge in [0, 0.05) is 0 Å². The molecule has 0 aliphatic heterocycles. The summed E-state index contributed by atoms with van der Waals surface area (Å²) in [5.41, 5.74) is -0.537. The average Bonchev–Trinajstić information content (AvgIpc) is 3.05. The molecule has 0 bridgehead atoms. The maximum atomic E-state index is 12.7. The number of hydrogen-bond donors (Lipinski definition) is 0. The van der Waals surface area contributed by atoms with E-state index in [9.17, 15) is 18.4 Å². The summed E-state index contributed by atoms with van der Waals surface area (Å²) in [6.07, 6.45) is -0.659. The molecule has 4 heteroatoms. The predicted octanol–water partition coefficient (Wildman–Crippen LogP) is 4.04. The molecule has 18 heavy (non-hydrogen) atoms. The zero-order valence-electron chi connectivity index (χ0n) is 9.72. The van der Waals surface area contributed by atoms with E-state index in [-0.39, 0.29) is 5.41 Å². The van der Waals surface area contributed by atoms with Crippen molar-refractivity contribution in [1.29, 1.82) is 5.26 Å². The highest BCUT2D eigenvalue weighted by molar-refractivity contribution is 5.42. The molecule has 0 radical (unpaired) electrons. The second-order valence-corrected chi connectivity index (χ2v) is 5.63. The van der Waals surface area contributed by atoms with Gasteiger partial charge in [-0.05, 0) is 42.7 Å². The molecule has 1 aromatic rings. The molecular formula is C14H12F3N. The minimum Gasteiger partial charge on any atom is -0.197 e. The van der Waals surface area contributed by atoms with Gasteiger partial charge >= 0.3 is 6.18 Å². The van der Waals surface area contributed by atoms with Crippen LogP contribution in [0.1, 0.15) is 36.8 Å². The molecule has 2 fully saturated rings. The fourth-order valence-electron chi connectivity index (χ4n) is 3.10. The second-order valence-electron chi connectivity index (χ2n) is 5.63. The molecule has 0 atom stereocenters. The number of benzene rings is 1. The van der Waals surface area contributed by atoms with E-state index >= 15 is 0 Å². The summed E-state index contributed by atoms with van der Waals surface area (Å²) < 4.78 is 38.0. The minimum absolute atomic E-state index is 0.282. The zero-order valence-corrected chi connectivity index (χ0v) is 9.72. The van der Waals surface area contributed by atoms with Crippen LogP contribution in [0, 0.1) is 16.7 Å². The van der Waals surface area contributed by atoms with Crippen LogP contribution in [0.2, 0.25) is 0 Å². The van der Waals surface area contributed by atoms with Crippen molar-refractivity contribution in [2.24, 2.45) is 5.41 Å². The van der Waals surface area contributed by atoms with Gasteiger partial charge in [-0.2, -0.15) is 18.4 Å². The zero-order chi connectivity index (χ0) is 13.0. The third-order valence-corrected chi connectivity index (χ3v) is 4.27. The molecule has 0 saturated heterocycles. The number of nitriles is 1. The van der Waals surface area contributed by atoms with E-state index in [4.69, 9.17) is 0 Å². The number of rotatable bonds is 1. The number of hydrogen-bond acceptors (Lipinski definition) is 1. The van der Waals surface area contributed by atoms with Crippen LogP contribution in [0.5, 0.6) is 0 Å². The summed E-state index contributed by atoms with van der Waals surface area (Å²) in [6, 6.07) is 7.48. The smallest absolute Gasteiger partial charge is 0.197 e. The van der Waals surface area contributed by atoms with Crippen LogP contribution in [0.3, 0.4) is 0 Å². The van der Waals surface area contributed by atoms with Gasteiger partial charge in [0.05, 0.1) is 17.0 Å². The van der Waals surface area contributed by atoms with Crippen LogP contribution in [-0.2, 0) is 11.6 Å². The van der Waals surface area contributed by atoms with Crippen molar-refractivity contribution in [3.05, 3.63) is 35.4 Å². The fraction of sp³-hybridized carbons (Fsp3) is 0.500. The summed E-state index contributed by atoms with van der Waals surface area (Å²) in [5, 5.41) is 9.31. The van der Waals surface area contributed by atoms with Crippen LogP contribution < -0.4 is 0 Å². The van der Waals surface area contributed by atoms with E-state index in [0.29, 0.717) is 5.56 Å². The van der Waals surface area contributed by atoms with Gasteiger partial charge in [0.1, 0.15) is 0 Å². The molecule has 0 amide bonds. The van der Waals surface area contributed by atoms with E-state index in [1.54, 1.807) is 6.07 Å². The highest BCUT2D eigenvalue weighted by Crippen LogP contribution is 2.68. The van der Waals surface area contributed by atoms with Crippen molar-refractivity contribution in [3.8, 4) is 6.07 Å². The molecule has 0 unspecified atom stereocenters. The molecule has 2 aliphatic carbocycles. The van der Waals surface area contributed by atoms with Crippen LogP contribution in [0.25, 0.3) is 0 Å². The Balaban J connectivity index is 1.95. The van der Waals surface area contributed by atoms with Gasteiger partial charge < -0.3 is 0 Å². The minimum atomic E-state index is -4.34. The van der Waals surface area contributed by atoms with Gasteiger partial charge in [-0.1, -0.05) is 18.2 Å². The molecule has 94 valence electrons. The van der Waals surface area contributed by atoms with Gasteiger partial charge in [0.15, 0.2) is 0 Å². The molecule has 2 saturated carbocycles. The highest BCUT2D eigenvalue weighted by atomic mass is 19.4. The number of halogens is 3. The van der Waals surface area contributed by atoms with Crippen LogP contribution in [-0.4, -0.2) is 0 Å². The number of alkyl halides is 3. The van der Waals surface area contributed by atoms with Gasteiger partial charge in [-0.3, -0.25) is 0 Å². The molecule has 3 rings (SSSR count). The lowest BCUT2D eigenvalue weighted by Crippen LogP contribution is -2.41. The third-order valence-electron chi connectivity index (χ3n) is 4.27. The van der Waals surface area contributed by atoms with E-state index in [2.05, 4.69) is 6.07 Å². The van der Waals surface area contributed by atoms with Gasteiger partial charge in [-0.15, -0.1) is 0 Å². The fourth-order valence-corrected chi connectivity index (χ4v) is 3.10. The van der Waals surface area contributed by atoms with Crippen molar-refractivity contribution in [2.45, 2.75) is 37.3 Å². The van der Waals surface area contributed by atoms with E-state index in [1.165, 1.54) is 6.07 Å². The molecule has 2 aliphatic rings. The predicted molar refractivity (Wildman–Crippen MR) is 59.6 cm³/mol. The van der Waals surface area contributed by atoms with Crippen LogP contribution in [0.4, 0.5) is 13.2 Å². The summed E-state index contributed by atoms with van der Waals surface area (Å²) in [6.45, 7) is 0. The molecular weight excluding hydrogens is 239 g/mol. The first-order valence-corrected chi connectivity index (χ1v) is 5.98. The van der Waals surface area contributed by atoms with Gasteiger partial charge in [0.2, 0.25) is 0 Å². The normalized spacial score (nSPS) is 23.2. The Kier molecular flexibility index (Phi) is 2.11. The highest BCUT2D eigenvalue weighted by Gasteiger charge is 2.62. The van der Waals surface area contributed by atoms with Crippen molar-refractivity contribution < 1.29 is 13.2 Å². The lowest BCUT2D eigenvalue weighted by atomic mass is 9.57. The SMILES string of the molecule is N#CC1(c2cccc(C(F)(F)F)c2)CC2(CC2)C1. The average molecular weight is 251 g/mol. The van der Waals surface area contributed by atoms with Crippen LogP contribution >= 0.6 is 0 Å². The molecule has 1 nitrogen and oxygen atoms in total. The maximum absolute atomic E-state index is 12.7. The van der Waals surface area contributed by atoms with Crippen molar-refractivity contribution in [3.63, 3.8) is 0 Å². The van der Waals surface area contributed by atoms with Gasteiger partial charge in [0.25, 0.3) is 0 Å². The summed E-state index contributed by atoms with van der Waals surface area (Å²) in [5.74, 6) is 0. The molecule has 1 aromatic carbocycles. The van der Waals surface area contributed by atoms with Gasteiger partial charge in [-0.25, -0.2) is 0 Å². The summed E-state index contributed by atoms with van der Waals surface area (Å²) in [4.78, 5) is 0. The third kappa shape index (κ3) is 1.61. The maximum Gasteiger partial charge on any atom is 0.416 e. The number of nitrogens with zero attached hydrogens (tertiary/aromatic N) is 1. The standard InChI is InChI=1S/C14H12F3N/c15-14(16,17)11-3-1-2-10(6-11)13(9-18)7-12(8-13)4-5-12/h1-3,6H,4-5,7-8H2. The first kappa shape index (κ1) is 11.6. The van der Waals surface area contributed by atoms with Crippen LogP contribution in [0.15, 0.2) is 24.3 Å².